The molecule has 0 saturated carbocycles. The Kier molecular flexibility index (Phi) is 8.83. The summed E-state index contributed by atoms with van der Waals surface area (Å²) in [5.74, 6) is 0.362. The van der Waals surface area contributed by atoms with Crippen LogP contribution in [-0.4, -0.2) is 81.0 Å². The molecule has 1 aromatic rings. The molecule has 3 amide bonds. The number of nitrogens with one attached hydrogen (secondary N) is 1. The third kappa shape index (κ3) is 6.00. The van der Waals surface area contributed by atoms with Crippen molar-refractivity contribution in [1.29, 1.82) is 0 Å². The standard InChI is InChI=1S/C17H24N4O5.ClH/c1-25-13-7-12(8-14(9-13)26-2)17(24)21-5-3-20(4-6-21)16(23)11-19-15(22)10-18;/h7-9H,3-6,10-11,18H2,1-2H3,(H,19,22);1H. The lowest BCUT2D eigenvalue weighted by Gasteiger charge is -2.35. The number of ether oxygens (including phenoxy) is 2. The molecule has 10 heteroatoms. The minimum absolute atomic E-state index is 0. The zero-order chi connectivity index (χ0) is 19.1. The number of carbonyl (C=O) groups excluding carboxylic acids is 3. The molecule has 0 aliphatic carbocycles. The second-order valence-corrected chi connectivity index (χ2v) is 5.76. The largest absolute Gasteiger partial charge is 0.497 e. The first kappa shape index (κ1) is 22.5. The Morgan fingerprint density at radius 3 is 2.00 bits per heavy atom. The van der Waals surface area contributed by atoms with Crippen molar-refractivity contribution < 1.29 is 23.9 Å². The number of methoxy groups -OCH3 is 2. The average Bonchev–Trinajstić information content (AvgIpc) is 2.70. The van der Waals surface area contributed by atoms with E-state index in [1.54, 1.807) is 28.0 Å². The number of piperazine rings is 1. The molecule has 1 saturated heterocycles. The molecule has 150 valence electrons. The maximum absolute atomic E-state index is 12.7. The van der Waals surface area contributed by atoms with Gasteiger partial charge in [-0.15, -0.1) is 12.4 Å². The Morgan fingerprint density at radius 1 is 1.00 bits per heavy atom. The summed E-state index contributed by atoms with van der Waals surface area (Å²) in [4.78, 5) is 39.2. The van der Waals surface area contributed by atoms with Crippen molar-refractivity contribution in [2.45, 2.75) is 0 Å². The van der Waals surface area contributed by atoms with Gasteiger partial charge in [-0.3, -0.25) is 14.4 Å². The first-order valence-electron chi connectivity index (χ1n) is 8.25. The van der Waals surface area contributed by atoms with E-state index in [-0.39, 0.29) is 43.2 Å². The van der Waals surface area contributed by atoms with Gasteiger partial charge in [0.25, 0.3) is 5.91 Å². The number of halogens is 1. The molecular weight excluding hydrogens is 376 g/mol. The molecular formula is C17H25ClN4O5. The fourth-order valence-electron chi connectivity index (χ4n) is 2.63. The van der Waals surface area contributed by atoms with E-state index in [1.807, 2.05) is 0 Å². The molecule has 1 aliphatic rings. The summed E-state index contributed by atoms with van der Waals surface area (Å²) in [6, 6.07) is 5.01. The highest BCUT2D eigenvalue weighted by atomic mass is 35.5. The van der Waals surface area contributed by atoms with Gasteiger partial charge in [-0.05, 0) is 12.1 Å². The van der Waals surface area contributed by atoms with Crippen LogP contribution in [0.25, 0.3) is 0 Å². The number of nitrogens with zero attached hydrogens (tertiary/aromatic N) is 2. The van der Waals surface area contributed by atoms with Crippen LogP contribution in [0.15, 0.2) is 18.2 Å². The fourth-order valence-corrected chi connectivity index (χ4v) is 2.63. The molecule has 0 bridgehead atoms. The van der Waals surface area contributed by atoms with Crippen LogP contribution in [0.3, 0.4) is 0 Å². The topological polar surface area (TPSA) is 114 Å². The number of amides is 3. The normalized spacial score (nSPS) is 13.4. The summed E-state index contributed by atoms with van der Waals surface area (Å²) in [6.07, 6.45) is 0. The summed E-state index contributed by atoms with van der Waals surface area (Å²) >= 11 is 0. The van der Waals surface area contributed by atoms with Gasteiger partial charge < -0.3 is 30.3 Å². The van der Waals surface area contributed by atoms with Gasteiger partial charge in [0.05, 0.1) is 27.3 Å². The molecule has 1 aromatic carbocycles. The molecule has 1 fully saturated rings. The molecule has 2 rings (SSSR count). The molecule has 1 heterocycles. The predicted octanol–water partition coefficient (Wildman–Crippen LogP) is -0.515. The zero-order valence-electron chi connectivity index (χ0n) is 15.4. The van der Waals surface area contributed by atoms with Gasteiger partial charge in [0, 0.05) is 37.8 Å². The number of benzene rings is 1. The van der Waals surface area contributed by atoms with Gasteiger partial charge in [0.1, 0.15) is 11.5 Å². The molecule has 1 aliphatic heterocycles. The summed E-state index contributed by atoms with van der Waals surface area (Å²) in [7, 11) is 3.05. The number of hydrogen-bond donors (Lipinski definition) is 2. The van der Waals surface area contributed by atoms with E-state index in [4.69, 9.17) is 15.2 Å². The third-order valence-electron chi connectivity index (χ3n) is 4.14. The second-order valence-electron chi connectivity index (χ2n) is 5.76. The molecule has 0 unspecified atom stereocenters. The molecule has 0 aromatic heterocycles. The van der Waals surface area contributed by atoms with Crippen LogP contribution in [0.4, 0.5) is 0 Å². The monoisotopic (exact) mass is 400 g/mol. The number of rotatable bonds is 6. The Bertz CT molecular complexity index is 655. The van der Waals surface area contributed by atoms with Crippen LogP contribution in [0.1, 0.15) is 10.4 Å². The van der Waals surface area contributed by atoms with E-state index >= 15 is 0 Å². The van der Waals surface area contributed by atoms with Crippen molar-refractivity contribution in [3.63, 3.8) is 0 Å². The highest BCUT2D eigenvalue weighted by Gasteiger charge is 2.25. The Hall–Kier alpha value is -2.52. The first-order valence-corrected chi connectivity index (χ1v) is 8.25. The quantitative estimate of drug-likeness (QED) is 0.664. The van der Waals surface area contributed by atoms with Gasteiger partial charge in [0.2, 0.25) is 11.8 Å². The van der Waals surface area contributed by atoms with Crippen molar-refractivity contribution >= 4 is 30.1 Å². The van der Waals surface area contributed by atoms with E-state index in [2.05, 4.69) is 5.32 Å². The SMILES string of the molecule is COc1cc(OC)cc(C(=O)N2CCN(C(=O)CNC(=O)CN)CC2)c1.Cl. The highest BCUT2D eigenvalue weighted by molar-refractivity contribution is 5.95. The average molecular weight is 401 g/mol. The van der Waals surface area contributed by atoms with Crippen LogP contribution in [0, 0.1) is 0 Å². The number of hydrogen-bond acceptors (Lipinski definition) is 6. The number of nitrogens with two attached hydrogens (primary N) is 1. The van der Waals surface area contributed by atoms with Gasteiger partial charge in [0.15, 0.2) is 0 Å². The van der Waals surface area contributed by atoms with Gasteiger partial charge >= 0.3 is 0 Å². The Morgan fingerprint density at radius 2 is 1.52 bits per heavy atom. The van der Waals surface area contributed by atoms with E-state index in [0.717, 1.165) is 0 Å². The summed E-state index contributed by atoms with van der Waals surface area (Å²) in [5.41, 5.74) is 5.65. The fraction of sp³-hybridized carbons (Fsp3) is 0.471. The van der Waals surface area contributed by atoms with Crippen LogP contribution in [-0.2, 0) is 9.59 Å². The van der Waals surface area contributed by atoms with Gasteiger partial charge in [-0.2, -0.15) is 0 Å². The van der Waals surface area contributed by atoms with E-state index < -0.39 is 0 Å². The maximum Gasteiger partial charge on any atom is 0.254 e. The minimum Gasteiger partial charge on any atom is -0.497 e. The molecule has 0 radical (unpaired) electrons. The first-order chi connectivity index (χ1) is 12.5. The molecule has 27 heavy (non-hydrogen) atoms. The van der Waals surface area contributed by atoms with Gasteiger partial charge in [-0.1, -0.05) is 0 Å². The summed E-state index contributed by atoms with van der Waals surface area (Å²) in [5, 5.41) is 2.45. The lowest BCUT2D eigenvalue weighted by atomic mass is 10.1. The summed E-state index contributed by atoms with van der Waals surface area (Å²) in [6.45, 7) is 1.40. The van der Waals surface area contributed by atoms with Crippen molar-refractivity contribution in [3.8, 4) is 11.5 Å². The smallest absolute Gasteiger partial charge is 0.254 e. The van der Waals surface area contributed by atoms with E-state index in [9.17, 15) is 14.4 Å². The van der Waals surface area contributed by atoms with Crippen LogP contribution in [0.2, 0.25) is 0 Å². The predicted molar refractivity (Wildman–Crippen MR) is 101 cm³/mol. The van der Waals surface area contributed by atoms with Crippen LogP contribution in [0.5, 0.6) is 11.5 Å². The number of carbonyl (C=O) groups is 3. The Balaban J connectivity index is 0.00000364. The van der Waals surface area contributed by atoms with Crippen molar-refractivity contribution in [1.82, 2.24) is 15.1 Å². The molecule has 3 N–H and O–H groups in total. The van der Waals surface area contributed by atoms with E-state index in [0.29, 0.717) is 43.2 Å². The zero-order valence-corrected chi connectivity index (χ0v) is 16.2. The third-order valence-corrected chi connectivity index (χ3v) is 4.14. The molecule has 0 spiro atoms. The summed E-state index contributed by atoms with van der Waals surface area (Å²) < 4.78 is 10.4. The molecule has 0 atom stereocenters. The van der Waals surface area contributed by atoms with Crippen LogP contribution < -0.4 is 20.5 Å². The van der Waals surface area contributed by atoms with E-state index in [1.165, 1.54) is 14.2 Å². The van der Waals surface area contributed by atoms with Crippen molar-refractivity contribution in [2.75, 3.05) is 53.5 Å². The van der Waals surface area contributed by atoms with Crippen LogP contribution >= 0.6 is 12.4 Å². The second kappa shape index (κ2) is 10.6. The van der Waals surface area contributed by atoms with Crippen molar-refractivity contribution in [3.05, 3.63) is 23.8 Å². The maximum atomic E-state index is 12.7. The molecule has 9 nitrogen and oxygen atoms in total. The van der Waals surface area contributed by atoms with Gasteiger partial charge in [-0.25, -0.2) is 0 Å². The lowest BCUT2D eigenvalue weighted by molar-refractivity contribution is -0.133. The lowest BCUT2D eigenvalue weighted by Crippen LogP contribution is -2.52. The minimum atomic E-state index is -0.376. The Labute approximate surface area is 164 Å². The van der Waals surface area contributed by atoms with Crippen molar-refractivity contribution in [2.24, 2.45) is 5.73 Å². The highest BCUT2D eigenvalue weighted by Crippen LogP contribution is 2.23.